The van der Waals surface area contributed by atoms with Gasteiger partial charge in [-0.1, -0.05) is 18.2 Å². The van der Waals surface area contributed by atoms with Crippen LogP contribution in [0.15, 0.2) is 35.2 Å². The Kier molecular flexibility index (Phi) is 3.79. The summed E-state index contributed by atoms with van der Waals surface area (Å²) in [5.74, 6) is 0. The minimum atomic E-state index is -4.19. The first-order valence-corrected chi connectivity index (χ1v) is 6.07. The first kappa shape index (κ1) is 13.1. The lowest BCUT2D eigenvalue weighted by Crippen LogP contribution is -2.33. The number of hydrogen-bond acceptors (Lipinski definition) is 5. The van der Waals surface area contributed by atoms with Gasteiger partial charge >= 0.3 is 5.37 Å². The van der Waals surface area contributed by atoms with Crippen LogP contribution in [0.3, 0.4) is 0 Å². The van der Waals surface area contributed by atoms with Crippen molar-refractivity contribution in [3.63, 3.8) is 0 Å². The summed E-state index contributed by atoms with van der Waals surface area (Å²) >= 11 is 0. The van der Waals surface area contributed by atoms with Gasteiger partial charge in [-0.05, 0) is 12.1 Å². The van der Waals surface area contributed by atoms with Crippen LogP contribution in [0.1, 0.15) is 0 Å². The van der Waals surface area contributed by atoms with Gasteiger partial charge in [0.05, 0.1) is 9.82 Å². The number of hydroxylamine groups is 1. The summed E-state index contributed by atoms with van der Waals surface area (Å²) in [6.07, 6.45) is 0.502. The summed E-state index contributed by atoms with van der Waals surface area (Å²) < 4.78 is 23.8. The average molecular weight is 258 g/mol. The van der Waals surface area contributed by atoms with Crippen molar-refractivity contribution in [3.8, 4) is 0 Å². The van der Waals surface area contributed by atoms with E-state index in [-0.39, 0.29) is 9.63 Å². The highest BCUT2D eigenvalue weighted by molar-refractivity contribution is 7.92. The number of nitro groups is 1. The lowest BCUT2D eigenvalue weighted by molar-refractivity contribution is -0.494. The molecule has 0 aliphatic heterocycles. The van der Waals surface area contributed by atoms with Gasteiger partial charge in [-0.15, -0.1) is 0 Å². The highest BCUT2D eigenvalue weighted by atomic mass is 32.2. The fraction of sp³-hybridized carbons (Fsp3) is 0.222. The molecule has 0 bridgehead atoms. The van der Waals surface area contributed by atoms with E-state index in [0.717, 1.165) is 7.05 Å². The van der Waals surface area contributed by atoms with E-state index in [1.165, 1.54) is 24.3 Å². The van der Waals surface area contributed by atoms with Crippen molar-refractivity contribution in [1.82, 2.24) is 0 Å². The van der Waals surface area contributed by atoms with E-state index in [0.29, 0.717) is 6.21 Å². The molecule has 92 valence electrons. The van der Waals surface area contributed by atoms with Crippen molar-refractivity contribution in [3.05, 3.63) is 45.7 Å². The zero-order valence-corrected chi connectivity index (χ0v) is 9.70. The summed E-state index contributed by atoms with van der Waals surface area (Å²) in [4.78, 5) is 9.47. The molecule has 0 saturated carbocycles. The van der Waals surface area contributed by atoms with Crippen LogP contribution < -0.4 is 0 Å². The van der Waals surface area contributed by atoms with Crippen LogP contribution in [0.25, 0.3) is 0 Å². The Morgan fingerprint density at radius 2 is 1.76 bits per heavy atom. The summed E-state index contributed by atoms with van der Waals surface area (Å²) in [7, 11) is -3.21. The third-order valence-electron chi connectivity index (χ3n) is 1.93. The van der Waals surface area contributed by atoms with Gasteiger partial charge in [-0.25, -0.2) is 13.2 Å². The van der Waals surface area contributed by atoms with Gasteiger partial charge in [0, 0.05) is 0 Å². The highest BCUT2D eigenvalue weighted by Crippen LogP contribution is 2.14. The van der Waals surface area contributed by atoms with Crippen LogP contribution in [-0.4, -0.2) is 36.7 Å². The molecule has 0 N–H and O–H groups in total. The minimum Gasteiger partial charge on any atom is -0.624 e. The van der Waals surface area contributed by atoms with E-state index < -0.39 is 20.1 Å². The Morgan fingerprint density at radius 3 is 2.18 bits per heavy atom. The SMILES string of the molecule is C/[N+]([O-])=C\C([N+](=O)[O-])S(=O)(=O)c1ccccc1. The van der Waals surface area contributed by atoms with Crippen molar-refractivity contribution in [2.75, 3.05) is 7.05 Å². The van der Waals surface area contributed by atoms with Crippen LogP contribution in [-0.2, 0) is 9.84 Å². The zero-order valence-electron chi connectivity index (χ0n) is 8.89. The molecule has 0 heterocycles. The van der Waals surface area contributed by atoms with Crippen molar-refractivity contribution >= 4 is 16.1 Å². The predicted octanol–water partition coefficient (Wildman–Crippen LogP) is 0.274. The molecular formula is C9H10N2O5S. The molecule has 0 aliphatic carbocycles. The van der Waals surface area contributed by atoms with E-state index >= 15 is 0 Å². The summed E-state index contributed by atoms with van der Waals surface area (Å²) in [5, 5.41) is 19.3. The van der Waals surface area contributed by atoms with Crippen LogP contribution in [0.2, 0.25) is 0 Å². The number of sulfone groups is 1. The summed E-state index contributed by atoms with van der Waals surface area (Å²) in [6, 6.07) is 6.97. The smallest absolute Gasteiger partial charge is 0.389 e. The molecule has 7 nitrogen and oxygen atoms in total. The molecule has 1 rings (SSSR count). The molecule has 1 aromatic carbocycles. The second-order valence-electron chi connectivity index (χ2n) is 3.23. The van der Waals surface area contributed by atoms with Gasteiger partial charge in [0.15, 0.2) is 0 Å². The van der Waals surface area contributed by atoms with Crippen molar-refractivity contribution in [2.45, 2.75) is 10.3 Å². The molecular weight excluding hydrogens is 248 g/mol. The van der Waals surface area contributed by atoms with Crippen molar-refractivity contribution in [2.24, 2.45) is 0 Å². The van der Waals surface area contributed by atoms with Crippen molar-refractivity contribution < 1.29 is 18.1 Å². The predicted molar refractivity (Wildman–Crippen MR) is 60.0 cm³/mol. The van der Waals surface area contributed by atoms with E-state index in [1.54, 1.807) is 6.07 Å². The number of hydrogen-bond donors (Lipinski definition) is 0. The molecule has 0 radical (unpaired) electrons. The first-order valence-electron chi connectivity index (χ1n) is 4.53. The molecule has 0 aliphatic rings. The Morgan fingerprint density at radius 1 is 1.24 bits per heavy atom. The zero-order chi connectivity index (χ0) is 13.1. The lowest BCUT2D eigenvalue weighted by Gasteiger charge is -2.06. The average Bonchev–Trinajstić information content (AvgIpc) is 2.26. The largest absolute Gasteiger partial charge is 0.624 e. The van der Waals surface area contributed by atoms with Gasteiger partial charge in [-0.3, -0.25) is 10.1 Å². The Bertz CT molecular complexity index is 534. The maximum absolute atomic E-state index is 11.9. The van der Waals surface area contributed by atoms with Crippen LogP contribution in [0, 0.1) is 15.3 Å². The standard InChI is InChI=1S/C9H10N2O5S/c1-10(12)7-9(11(13)14)17(15,16)8-5-3-2-4-6-8/h2-7,9H,1H3/b10-7+. The third-order valence-corrected chi connectivity index (χ3v) is 3.79. The number of benzene rings is 1. The number of nitrogens with zero attached hydrogens (tertiary/aromatic N) is 2. The maximum atomic E-state index is 11.9. The lowest BCUT2D eigenvalue weighted by atomic mass is 10.4. The number of rotatable bonds is 4. The van der Waals surface area contributed by atoms with E-state index in [9.17, 15) is 23.7 Å². The molecule has 1 atom stereocenters. The van der Waals surface area contributed by atoms with Crippen molar-refractivity contribution in [1.29, 1.82) is 0 Å². The van der Waals surface area contributed by atoms with Gasteiger partial charge in [-0.2, -0.15) is 0 Å². The fourth-order valence-corrected chi connectivity index (χ4v) is 2.55. The third kappa shape index (κ3) is 3.00. The monoisotopic (exact) mass is 258 g/mol. The van der Waals surface area contributed by atoms with E-state index in [2.05, 4.69) is 0 Å². The Hall–Kier alpha value is -1.96. The summed E-state index contributed by atoms with van der Waals surface area (Å²) in [6.45, 7) is 0. The molecule has 1 aromatic rings. The molecule has 17 heavy (non-hydrogen) atoms. The molecule has 0 saturated heterocycles. The second kappa shape index (κ2) is 4.91. The normalized spacial score (nSPS) is 14.3. The molecule has 0 amide bonds. The van der Waals surface area contributed by atoms with Crippen LogP contribution >= 0.6 is 0 Å². The van der Waals surface area contributed by atoms with Crippen LogP contribution in [0.4, 0.5) is 0 Å². The minimum absolute atomic E-state index is 0.105. The Labute approximate surface area is 97.7 Å². The molecule has 8 heteroatoms. The van der Waals surface area contributed by atoms with Gasteiger partial charge in [0.2, 0.25) is 6.21 Å². The molecule has 0 spiro atoms. The quantitative estimate of drug-likeness (QED) is 0.253. The molecule has 0 fully saturated rings. The van der Waals surface area contributed by atoms with E-state index in [4.69, 9.17) is 0 Å². The Balaban J connectivity index is 3.29. The van der Waals surface area contributed by atoms with Gasteiger partial charge in [0.25, 0.3) is 9.84 Å². The highest BCUT2D eigenvalue weighted by Gasteiger charge is 2.38. The van der Waals surface area contributed by atoms with Gasteiger partial charge < -0.3 is 5.21 Å². The second-order valence-corrected chi connectivity index (χ2v) is 5.27. The maximum Gasteiger partial charge on any atom is 0.389 e. The van der Waals surface area contributed by atoms with Gasteiger partial charge in [0.1, 0.15) is 7.05 Å². The molecule has 0 aromatic heterocycles. The van der Waals surface area contributed by atoms with Crippen LogP contribution in [0.5, 0.6) is 0 Å². The topological polar surface area (TPSA) is 103 Å². The first-order chi connectivity index (χ1) is 7.85. The van der Waals surface area contributed by atoms with E-state index in [1.807, 2.05) is 0 Å². The fourth-order valence-electron chi connectivity index (χ4n) is 1.18. The summed E-state index contributed by atoms with van der Waals surface area (Å²) in [5.41, 5.74) is 0. The molecule has 1 unspecified atom stereocenters.